The first-order valence-electron chi connectivity index (χ1n) is 1.49. The minimum absolute atomic E-state index is 1.35. The Bertz CT molecular complexity index is 72.9. The van der Waals surface area contributed by atoms with Crippen LogP contribution in [0.15, 0.2) is 9.39 Å². The SMILES string of the molecule is CN=C=NSC. The van der Waals surface area contributed by atoms with Crippen LogP contribution < -0.4 is 0 Å². The van der Waals surface area contributed by atoms with Gasteiger partial charge in [-0.2, -0.15) is 4.40 Å². The standard InChI is InChI=1S/C3H6N2S/c1-4-3-5-6-2/h1-2H3. The lowest BCUT2D eigenvalue weighted by Gasteiger charge is -1.62. The van der Waals surface area contributed by atoms with Gasteiger partial charge in [0.05, 0.1) is 0 Å². The molecule has 0 unspecified atom stereocenters. The van der Waals surface area contributed by atoms with Gasteiger partial charge in [0.25, 0.3) is 0 Å². The molecule has 0 spiro atoms. The molecule has 0 aliphatic carbocycles. The van der Waals surface area contributed by atoms with Gasteiger partial charge in [-0.1, -0.05) is 0 Å². The maximum absolute atomic E-state index is 3.59. The molecule has 0 saturated carbocycles. The Morgan fingerprint density at radius 1 is 1.67 bits per heavy atom. The molecule has 3 heteroatoms. The summed E-state index contributed by atoms with van der Waals surface area (Å²) in [6.45, 7) is 0. The van der Waals surface area contributed by atoms with E-state index in [9.17, 15) is 0 Å². The maximum Gasteiger partial charge on any atom is 0.102 e. The van der Waals surface area contributed by atoms with E-state index in [1.54, 1.807) is 7.05 Å². The van der Waals surface area contributed by atoms with Gasteiger partial charge >= 0.3 is 0 Å². The van der Waals surface area contributed by atoms with Crippen molar-refractivity contribution >= 4 is 18.0 Å². The molecule has 2 nitrogen and oxygen atoms in total. The highest BCUT2D eigenvalue weighted by Crippen LogP contribution is 1.86. The largest absolute Gasteiger partial charge is 0.228 e. The van der Waals surface area contributed by atoms with Crippen molar-refractivity contribution in [3.05, 3.63) is 0 Å². The Labute approximate surface area is 41.5 Å². The van der Waals surface area contributed by atoms with E-state index in [4.69, 9.17) is 0 Å². The van der Waals surface area contributed by atoms with Crippen LogP contribution in [0.25, 0.3) is 0 Å². The number of hydrogen-bond donors (Lipinski definition) is 0. The van der Waals surface area contributed by atoms with E-state index >= 15 is 0 Å². The summed E-state index contributed by atoms with van der Waals surface area (Å²) in [6.07, 6.45) is 1.86. The zero-order valence-corrected chi connectivity index (χ0v) is 4.62. The topological polar surface area (TPSA) is 24.7 Å². The molecular weight excluding hydrogens is 96.1 g/mol. The van der Waals surface area contributed by atoms with Gasteiger partial charge in [0.2, 0.25) is 0 Å². The third-order valence-corrected chi connectivity index (χ3v) is 0.496. The summed E-state index contributed by atoms with van der Waals surface area (Å²) in [7, 11) is 1.64. The molecule has 0 aliphatic rings. The van der Waals surface area contributed by atoms with Crippen molar-refractivity contribution in [1.29, 1.82) is 0 Å². The van der Waals surface area contributed by atoms with Crippen LogP contribution in [0.3, 0.4) is 0 Å². The van der Waals surface area contributed by atoms with Crippen molar-refractivity contribution in [1.82, 2.24) is 0 Å². The van der Waals surface area contributed by atoms with Crippen LogP contribution in [-0.2, 0) is 0 Å². The highest BCUT2D eigenvalue weighted by atomic mass is 32.2. The molecule has 0 aromatic rings. The second kappa shape index (κ2) is 4.73. The van der Waals surface area contributed by atoms with Gasteiger partial charge in [-0.05, 0) is 11.9 Å². The average molecular weight is 102 g/mol. The minimum atomic E-state index is 1.35. The second-order valence-electron chi connectivity index (χ2n) is 0.597. The Kier molecular flexibility index (Phi) is 4.52. The first-order chi connectivity index (χ1) is 2.91. The monoisotopic (exact) mass is 102 g/mol. The van der Waals surface area contributed by atoms with Crippen LogP contribution in [0.1, 0.15) is 0 Å². The third-order valence-electron chi connectivity index (χ3n) is 0.232. The Balaban J connectivity index is 3.18. The highest BCUT2D eigenvalue weighted by molar-refractivity contribution is 7.97. The van der Waals surface area contributed by atoms with E-state index in [0.29, 0.717) is 0 Å². The van der Waals surface area contributed by atoms with Crippen molar-refractivity contribution in [2.75, 3.05) is 13.3 Å². The summed E-state index contributed by atoms with van der Waals surface area (Å²) >= 11 is 1.35. The highest BCUT2D eigenvalue weighted by Gasteiger charge is 1.52. The van der Waals surface area contributed by atoms with Gasteiger partial charge in [-0.3, -0.25) is 0 Å². The number of nitrogens with zero attached hydrogens (tertiary/aromatic N) is 2. The third kappa shape index (κ3) is 3.73. The van der Waals surface area contributed by atoms with Crippen LogP contribution in [-0.4, -0.2) is 19.3 Å². The Morgan fingerprint density at radius 2 is 2.33 bits per heavy atom. The lowest BCUT2D eigenvalue weighted by atomic mass is 11.4. The molecule has 0 aromatic heterocycles. The number of hydrogen-bond acceptors (Lipinski definition) is 3. The molecule has 0 heterocycles. The van der Waals surface area contributed by atoms with Gasteiger partial charge in [-0.25, -0.2) is 4.99 Å². The predicted molar refractivity (Wildman–Crippen MR) is 29.3 cm³/mol. The molecule has 0 N–H and O–H groups in total. The minimum Gasteiger partial charge on any atom is -0.228 e. The van der Waals surface area contributed by atoms with Crippen LogP contribution in [0.4, 0.5) is 0 Å². The molecule has 0 saturated heterocycles. The van der Waals surface area contributed by atoms with Gasteiger partial charge in [0.1, 0.15) is 6.01 Å². The lowest BCUT2D eigenvalue weighted by molar-refractivity contribution is 1.47. The summed E-state index contributed by atoms with van der Waals surface area (Å²) in [5.41, 5.74) is 0. The molecule has 0 aliphatic heterocycles. The molecule has 0 fully saturated rings. The van der Waals surface area contributed by atoms with Gasteiger partial charge in [-0.15, -0.1) is 0 Å². The molecule has 0 atom stereocenters. The van der Waals surface area contributed by atoms with E-state index in [0.717, 1.165) is 0 Å². The van der Waals surface area contributed by atoms with Crippen molar-refractivity contribution < 1.29 is 0 Å². The predicted octanol–water partition coefficient (Wildman–Crippen LogP) is 1.07. The zero-order chi connectivity index (χ0) is 4.83. The van der Waals surface area contributed by atoms with E-state index in [-0.39, 0.29) is 0 Å². The Morgan fingerprint density at radius 3 is 2.50 bits per heavy atom. The van der Waals surface area contributed by atoms with Crippen LogP contribution in [0.2, 0.25) is 0 Å². The fraction of sp³-hybridized carbons (Fsp3) is 0.667. The molecular formula is C3H6N2S. The first kappa shape index (κ1) is 5.73. The quantitative estimate of drug-likeness (QED) is 0.359. The van der Waals surface area contributed by atoms with Crippen LogP contribution in [0.5, 0.6) is 0 Å². The summed E-state index contributed by atoms with van der Waals surface area (Å²) in [5.74, 6) is 0. The van der Waals surface area contributed by atoms with Gasteiger partial charge in [0.15, 0.2) is 0 Å². The van der Waals surface area contributed by atoms with Crippen molar-refractivity contribution in [3.8, 4) is 0 Å². The van der Waals surface area contributed by atoms with E-state index < -0.39 is 0 Å². The number of rotatable bonds is 1. The fourth-order valence-corrected chi connectivity index (χ4v) is 0.245. The molecule has 0 bridgehead atoms. The molecule has 0 amide bonds. The molecule has 0 aromatic carbocycles. The van der Waals surface area contributed by atoms with Crippen molar-refractivity contribution in [2.45, 2.75) is 0 Å². The molecule has 34 valence electrons. The van der Waals surface area contributed by atoms with E-state index in [1.165, 1.54) is 11.9 Å². The smallest absolute Gasteiger partial charge is 0.102 e. The van der Waals surface area contributed by atoms with E-state index in [2.05, 4.69) is 15.4 Å². The molecule has 0 rings (SSSR count). The maximum atomic E-state index is 3.59. The van der Waals surface area contributed by atoms with Crippen molar-refractivity contribution in [2.24, 2.45) is 9.39 Å². The first-order valence-corrected chi connectivity index (χ1v) is 2.67. The lowest BCUT2D eigenvalue weighted by Crippen LogP contribution is -1.45. The number of aliphatic imine (C=N–C) groups is 1. The van der Waals surface area contributed by atoms with Crippen molar-refractivity contribution in [3.63, 3.8) is 0 Å². The molecule has 6 heavy (non-hydrogen) atoms. The summed E-state index contributed by atoms with van der Waals surface area (Å²) in [5, 5.41) is 0. The summed E-state index contributed by atoms with van der Waals surface area (Å²) < 4.78 is 3.59. The molecule has 0 radical (unpaired) electrons. The van der Waals surface area contributed by atoms with E-state index in [1.807, 2.05) is 6.26 Å². The zero-order valence-electron chi connectivity index (χ0n) is 3.80. The average Bonchev–Trinajstić information content (AvgIpc) is 1.61. The second-order valence-corrected chi connectivity index (χ2v) is 1.15. The van der Waals surface area contributed by atoms with Gasteiger partial charge < -0.3 is 0 Å². The fourth-order valence-electron chi connectivity index (χ4n) is 0.0816. The van der Waals surface area contributed by atoms with Crippen LogP contribution >= 0.6 is 11.9 Å². The van der Waals surface area contributed by atoms with Crippen LogP contribution in [0, 0.1) is 0 Å². The van der Waals surface area contributed by atoms with Gasteiger partial charge in [0, 0.05) is 13.3 Å². The summed E-state index contributed by atoms with van der Waals surface area (Å²) in [4.78, 5) is 3.49. The normalized spacial score (nSPS) is 6.33. The summed E-state index contributed by atoms with van der Waals surface area (Å²) in [6, 6.07) is 2.41. The Hall–Kier alpha value is -0.270.